The summed E-state index contributed by atoms with van der Waals surface area (Å²) >= 11 is 0. The number of benzene rings is 1. The molecule has 1 rings (SSSR count). The molecular weight excluding hydrogens is 248 g/mol. The summed E-state index contributed by atoms with van der Waals surface area (Å²) in [5.41, 5.74) is 0.251. The fraction of sp³-hybridized carbons (Fsp3) is 0.0714. The molecule has 0 spiro atoms. The van der Waals surface area contributed by atoms with Crippen molar-refractivity contribution >= 4 is 17.7 Å². The normalized spacial score (nSPS) is 9.32. The molecule has 0 bridgehead atoms. The Bertz CT molecular complexity index is 517. The number of hydrogen-bond donors (Lipinski definition) is 0. The van der Waals surface area contributed by atoms with E-state index in [2.05, 4.69) is 13.2 Å². The minimum Gasteiger partial charge on any atom is -0.423 e. The highest BCUT2D eigenvalue weighted by molar-refractivity contribution is 5.95. The number of ketones is 1. The van der Waals surface area contributed by atoms with E-state index in [9.17, 15) is 14.4 Å². The molecule has 0 saturated carbocycles. The van der Waals surface area contributed by atoms with Crippen molar-refractivity contribution in [1.82, 2.24) is 0 Å². The molecule has 5 heteroatoms. The zero-order chi connectivity index (χ0) is 14.4. The van der Waals surface area contributed by atoms with Crippen molar-refractivity contribution in [2.45, 2.75) is 6.92 Å². The average molecular weight is 260 g/mol. The maximum Gasteiger partial charge on any atom is 0.335 e. The predicted molar refractivity (Wildman–Crippen MR) is 68.1 cm³/mol. The molecule has 0 fully saturated rings. The van der Waals surface area contributed by atoms with Crippen LogP contribution in [0.15, 0.2) is 43.5 Å². The molecule has 1 aromatic carbocycles. The molecule has 0 atom stereocenters. The molecule has 0 heterocycles. The van der Waals surface area contributed by atoms with E-state index in [1.54, 1.807) is 0 Å². The van der Waals surface area contributed by atoms with Crippen LogP contribution in [-0.4, -0.2) is 17.7 Å². The van der Waals surface area contributed by atoms with Crippen LogP contribution in [0.4, 0.5) is 0 Å². The molecule has 1 aromatic rings. The van der Waals surface area contributed by atoms with Crippen LogP contribution in [-0.2, 0) is 9.59 Å². The van der Waals surface area contributed by atoms with Gasteiger partial charge in [-0.15, -0.1) is 0 Å². The molecule has 0 aromatic heterocycles. The Morgan fingerprint density at radius 3 is 1.68 bits per heavy atom. The summed E-state index contributed by atoms with van der Waals surface area (Å²) in [5, 5.41) is 0. The van der Waals surface area contributed by atoms with E-state index in [1.165, 1.54) is 25.1 Å². The molecule has 98 valence electrons. The van der Waals surface area contributed by atoms with E-state index in [1.807, 2.05) is 0 Å². The van der Waals surface area contributed by atoms with Crippen molar-refractivity contribution in [2.75, 3.05) is 0 Å². The van der Waals surface area contributed by atoms with Crippen LogP contribution >= 0.6 is 0 Å². The first kappa shape index (κ1) is 14.4. The number of rotatable bonds is 5. The average Bonchev–Trinajstić information content (AvgIpc) is 2.37. The van der Waals surface area contributed by atoms with Crippen LogP contribution in [0.25, 0.3) is 0 Å². The minimum atomic E-state index is -0.679. The molecular formula is C14H12O5. The van der Waals surface area contributed by atoms with Gasteiger partial charge in [0.25, 0.3) is 0 Å². The Morgan fingerprint density at radius 1 is 0.947 bits per heavy atom. The van der Waals surface area contributed by atoms with E-state index in [4.69, 9.17) is 9.47 Å². The lowest BCUT2D eigenvalue weighted by atomic mass is 10.1. The summed E-state index contributed by atoms with van der Waals surface area (Å²) in [6, 6.07) is 4.05. The zero-order valence-corrected chi connectivity index (χ0v) is 10.3. The molecule has 19 heavy (non-hydrogen) atoms. The van der Waals surface area contributed by atoms with Gasteiger partial charge in [-0.3, -0.25) is 4.79 Å². The number of esters is 2. The van der Waals surface area contributed by atoms with Crippen molar-refractivity contribution in [3.63, 3.8) is 0 Å². The standard InChI is InChI=1S/C14H12O5/c1-4-13(16)18-11-6-10(9(3)15)7-12(8-11)19-14(17)5-2/h4-8H,1-2H2,3H3. The van der Waals surface area contributed by atoms with Crippen molar-refractivity contribution in [3.8, 4) is 11.5 Å². The number of ether oxygens (including phenoxy) is 2. The second-order valence-electron chi connectivity index (χ2n) is 3.50. The molecule has 5 nitrogen and oxygen atoms in total. The maximum atomic E-state index is 11.3. The van der Waals surface area contributed by atoms with E-state index >= 15 is 0 Å². The van der Waals surface area contributed by atoms with Gasteiger partial charge in [0.1, 0.15) is 11.5 Å². The Morgan fingerprint density at radius 2 is 1.37 bits per heavy atom. The van der Waals surface area contributed by atoms with Gasteiger partial charge in [-0.25, -0.2) is 9.59 Å². The lowest BCUT2D eigenvalue weighted by molar-refractivity contribution is -0.129. The molecule has 0 amide bonds. The molecule has 0 aliphatic rings. The van der Waals surface area contributed by atoms with Crippen molar-refractivity contribution in [3.05, 3.63) is 49.1 Å². The summed E-state index contributed by atoms with van der Waals surface area (Å²) < 4.78 is 9.77. The maximum absolute atomic E-state index is 11.3. The van der Waals surface area contributed by atoms with Crippen molar-refractivity contribution in [2.24, 2.45) is 0 Å². The SMILES string of the molecule is C=CC(=O)Oc1cc(OC(=O)C=C)cc(C(C)=O)c1. The Balaban J connectivity index is 3.13. The Hall–Kier alpha value is -2.69. The number of carbonyl (C=O) groups is 3. The third kappa shape index (κ3) is 4.23. The molecule has 0 unspecified atom stereocenters. The number of Topliss-reactive ketones (excluding diaryl/α,β-unsaturated/α-hetero) is 1. The molecule has 0 N–H and O–H groups in total. The predicted octanol–water partition coefficient (Wildman–Crippen LogP) is 2.07. The number of hydrogen-bond acceptors (Lipinski definition) is 5. The first-order valence-corrected chi connectivity index (χ1v) is 5.30. The molecule has 0 aliphatic heterocycles. The Labute approximate surface area is 110 Å². The summed E-state index contributed by atoms with van der Waals surface area (Å²) in [6.45, 7) is 7.86. The van der Waals surface area contributed by atoms with Gasteiger partial charge >= 0.3 is 11.9 Å². The van der Waals surface area contributed by atoms with Crippen LogP contribution in [0.5, 0.6) is 11.5 Å². The fourth-order valence-electron chi connectivity index (χ4n) is 1.21. The van der Waals surface area contributed by atoms with Crippen LogP contribution in [0, 0.1) is 0 Å². The van der Waals surface area contributed by atoms with Gasteiger partial charge in [-0.2, -0.15) is 0 Å². The zero-order valence-electron chi connectivity index (χ0n) is 10.3. The quantitative estimate of drug-likeness (QED) is 0.351. The molecule has 0 saturated heterocycles. The van der Waals surface area contributed by atoms with Gasteiger partial charge in [0.15, 0.2) is 5.78 Å². The Kier molecular flexibility index (Phi) is 4.76. The highest BCUT2D eigenvalue weighted by atomic mass is 16.5. The van der Waals surface area contributed by atoms with E-state index < -0.39 is 11.9 Å². The summed E-state index contributed by atoms with van der Waals surface area (Å²) in [7, 11) is 0. The summed E-state index contributed by atoms with van der Waals surface area (Å²) in [5.74, 6) is -1.44. The minimum absolute atomic E-state index is 0.0875. The largest absolute Gasteiger partial charge is 0.423 e. The molecule has 0 aliphatic carbocycles. The van der Waals surface area contributed by atoms with Crippen LogP contribution in [0.3, 0.4) is 0 Å². The van der Waals surface area contributed by atoms with E-state index in [0.717, 1.165) is 12.2 Å². The van der Waals surface area contributed by atoms with Gasteiger partial charge in [-0.05, 0) is 19.1 Å². The second-order valence-corrected chi connectivity index (χ2v) is 3.50. The van der Waals surface area contributed by atoms with Crippen LogP contribution < -0.4 is 9.47 Å². The van der Waals surface area contributed by atoms with Crippen LogP contribution in [0.2, 0.25) is 0 Å². The van der Waals surface area contributed by atoms with Gasteiger partial charge in [0.05, 0.1) is 0 Å². The smallest absolute Gasteiger partial charge is 0.335 e. The summed E-state index contributed by atoms with van der Waals surface area (Å²) in [4.78, 5) is 33.5. The van der Waals surface area contributed by atoms with Gasteiger partial charge in [0, 0.05) is 23.8 Å². The number of carbonyl (C=O) groups excluding carboxylic acids is 3. The third-order valence-corrected chi connectivity index (χ3v) is 2.06. The highest BCUT2D eigenvalue weighted by Crippen LogP contribution is 2.24. The molecule has 0 radical (unpaired) electrons. The van der Waals surface area contributed by atoms with Gasteiger partial charge in [0.2, 0.25) is 0 Å². The van der Waals surface area contributed by atoms with Crippen molar-refractivity contribution < 1.29 is 23.9 Å². The highest BCUT2D eigenvalue weighted by Gasteiger charge is 2.10. The monoisotopic (exact) mass is 260 g/mol. The van der Waals surface area contributed by atoms with Gasteiger partial charge < -0.3 is 9.47 Å². The third-order valence-electron chi connectivity index (χ3n) is 2.06. The van der Waals surface area contributed by atoms with Crippen molar-refractivity contribution in [1.29, 1.82) is 0 Å². The fourth-order valence-corrected chi connectivity index (χ4v) is 1.21. The first-order valence-electron chi connectivity index (χ1n) is 5.30. The first-order chi connectivity index (χ1) is 8.96. The second kappa shape index (κ2) is 6.30. The van der Waals surface area contributed by atoms with Crippen LogP contribution in [0.1, 0.15) is 17.3 Å². The summed E-state index contributed by atoms with van der Waals surface area (Å²) in [6.07, 6.45) is 1.96. The lowest BCUT2D eigenvalue weighted by Gasteiger charge is -2.07. The van der Waals surface area contributed by atoms with Gasteiger partial charge in [-0.1, -0.05) is 13.2 Å². The van der Waals surface area contributed by atoms with E-state index in [0.29, 0.717) is 0 Å². The topological polar surface area (TPSA) is 69.7 Å². The van der Waals surface area contributed by atoms with E-state index in [-0.39, 0.29) is 22.8 Å². The lowest BCUT2D eigenvalue weighted by Crippen LogP contribution is -2.07.